The van der Waals surface area contributed by atoms with Gasteiger partial charge in [-0.05, 0) is 36.8 Å². The van der Waals surface area contributed by atoms with Gasteiger partial charge in [0.1, 0.15) is 4.32 Å². The van der Waals surface area contributed by atoms with Gasteiger partial charge in [0.2, 0.25) is 10.0 Å². The number of hydrogen-bond acceptors (Lipinski definition) is 7. The number of hydrogen-bond donors (Lipinski definition) is 0. The predicted molar refractivity (Wildman–Crippen MR) is 153 cm³/mol. The Labute approximate surface area is 232 Å². The van der Waals surface area contributed by atoms with Gasteiger partial charge in [0.25, 0.3) is 5.91 Å². The summed E-state index contributed by atoms with van der Waals surface area (Å²) in [4.78, 5) is 15.5. The Morgan fingerprint density at radius 1 is 1.08 bits per heavy atom. The fraction of sp³-hybridized carbons (Fsp3) is 0.296. The molecule has 0 bridgehead atoms. The van der Waals surface area contributed by atoms with Crippen molar-refractivity contribution in [1.29, 1.82) is 0 Å². The minimum absolute atomic E-state index is 0.0983. The van der Waals surface area contributed by atoms with Crippen LogP contribution in [0.1, 0.15) is 25.3 Å². The molecule has 38 heavy (non-hydrogen) atoms. The first-order chi connectivity index (χ1) is 18.4. The van der Waals surface area contributed by atoms with Gasteiger partial charge < -0.3 is 4.74 Å². The molecule has 1 aromatic heterocycles. The van der Waals surface area contributed by atoms with Crippen LogP contribution in [0.25, 0.3) is 23.0 Å². The minimum Gasteiger partial charge on any atom is -0.379 e. The average molecular weight is 569 g/mol. The van der Waals surface area contributed by atoms with Crippen LogP contribution >= 0.6 is 24.0 Å². The van der Waals surface area contributed by atoms with E-state index in [2.05, 4.69) is 6.92 Å². The van der Waals surface area contributed by atoms with Crippen molar-refractivity contribution in [3.05, 3.63) is 71.3 Å². The first-order valence-electron chi connectivity index (χ1n) is 12.5. The van der Waals surface area contributed by atoms with Crippen molar-refractivity contribution in [2.75, 3.05) is 32.8 Å². The molecular formula is C27H28N4O4S3. The third-order valence-electron chi connectivity index (χ3n) is 6.39. The second-order valence-corrected chi connectivity index (χ2v) is 12.6. The van der Waals surface area contributed by atoms with Crippen LogP contribution in [0.5, 0.6) is 0 Å². The molecule has 198 valence electrons. The van der Waals surface area contributed by atoms with Gasteiger partial charge in [0.15, 0.2) is 0 Å². The number of amides is 1. The molecule has 2 aliphatic rings. The fourth-order valence-corrected chi connectivity index (χ4v) is 7.01. The van der Waals surface area contributed by atoms with Crippen molar-refractivity contribution in [2.45, 2.75) is 24.7 Å². The number of para-hydroxylation sites is 1. The molecule has 2 fully saturated rings. The summed E-state index contributed by atoms with van der Waals surface area (Å²) in [6.07, 6.45) is 5.56. The molecule has 5 rings (SSSR count). The Kier molecular flexibility index (Phi) is 8.10. The molecule has 8 nitrogen and oxygen atoms in total. The van der Waals surface area contributed by atoms with E-state index in [-0.39, 0.29) is 10.8 Å². The number of thiocarbonyl (C=S) groups is 1. The Balaban J connectivity index is 1.51. The molecule has 3 heterocycles. The number of ether oxygens (including phenoxy) is 1. The molecule has 0 unspecified atom stereocenters. The number of carbonyl (C=O) groups excluding carboxylic acids is 1. The summed E-state index contributed by atoms with van der Waals surface area (Å²) in [7, 11) is -3.61. The van der Waals surface area contributed by atoms with E-state index in [1.807, 2.05) is 42.6 Å². The van der Waals surface area contributed by atoms with Crippen LogP contribution in [-0.2, 0) is 19.6 Å². The van der Waals surface area contributed by atoms with Gasteiger partial charge in [-0.15, -0.1) is 0 Å². The van der Waals surface area contributed by atoms with E-state index >= 15 is 0 Å². The van der Waals surface area contributed by atoms with Crippen molar-refractivity contribution in [3.8, 4) is 16.9 Å². The zero-order chi connectivity index (χ0) is 26.7. The van der Waals surface area contributed by atoms with Crippen molar-refractivity contribution < 1.29 is 17.9 Å². The smallest absolute Gasteiger partial charge is 0.266 e. The summed E-state index contributed by atoms with van der Waals surface area (Å²) in [5.41, 5.74) is 3.00. The fourth-order valence-electron chi connectivity index (χ4n) is 4.30. The third-order valence-corrected chi connectivity index (χ3v) is 9.68. The monoisotopic (exact) mass is 568 g/mol. The lowest BCUT2D eigenvalue weighted by Crippen LogP contribution is -2.40. The molecule has 1 amide bonds. The lowest BCUT2D eigenvalue weighted by atomic mass is 10.1. The molecule has 0 aliphatic carbocycles. The average Bonchev–Trinajstić information content (AvgIpc) is 3.48. The van der Waals surface area contributed by atoms with E-state index in [1.165, 1.54) is 16.1 Å². The molecule has 2 aliphatic heterocycles. The van der Waals surface area contributed by atoms with Crippen molar-refractivity contribution in [2.24, 2.45) is 0 Å². The second kappa shape index (κ2) is 11.5. The van der Waals surface area contributed by atoms with E-state index in [0.29, 0.717) is 47.8 Å². The highest BCUT2D eigenvalue weighted by Gasteiger charge is 2.32. The van der Waals surface area contributed by atoms with Gasteiger partial charge in [-0.2, -0.15) is 9.40 Å². The minimum atomic E-state index is -3.61. The molecule has 2 saturated heterocycles. The van der Waals surface area contributed by atoms with E-state index < -0.39 is 10.0 Å². The first kappa shape index (κ1) is 26.8. The van der Waals surface area contributed by atoms with E-state index in [9.17, 15) is 13.2 Å². The van der Waals surface area contributed by atoms with Crippen molar-refractivity contribution >= 4 is 50.3 Å². The highest BCUT2D eigenvalue weighted by Crippen LogP contribution is 2.35. The van der Waals surface area contributed by atoms with Crippen LogP contribution in [-0.4, -0.2) is 70.5 Å². The number of nitrogens with zero attached hydrogens (tertiary/aromatic N) is 4. The van der Waals surface area contributed by atoms with E-state index in [4.69, 9.17) is 22.1 Å². The van der Waals surface area contributed by atoms with Crippen LogP contribution in [0.3, 0.4) is 0 Å². The Bertz CT molecular complexity index is 1460. The van der Waals surface area contributed by atoms with Crippen LogP contribution in [0.2, 0.25) is 0 Å². The van der Waals surface area contributed by atoms with Crippen LogP contribution < -0.4 is 0 Å². The van der Waals surface area contributed by atoms with Gasteiger partial charge in [-0.25, -0.2) is 13.1 Å². The molecular weight excluding hydrogens is 541 g/mol. The number of thioether (sulfide) groups is 1. The number of aromatic nitrogens is 2. The SMILES string of the molecule is CCCCN1C(=O)C(=Cc2cn(-c3ccccc3)nc2-c2ccc(S(=O)(=O)N3CCOCC3)cc2)SC1=S. The highest BCUT2D eigenvalue weighted by molar-refractivity contribution is 8.26. The van der Waals surface area contributed by atoms with E-state index in [0.717, 1.165) is 29.7 Å². The molecule has 0 saturated carbocycles. The number of rotatable bonds is 8. The number of unbranched alkanes of at least 4 members (excludes halogenated alkanes) is 1. The normalized spacial score (nSPS) is 18.0. The quantitative estimate of drug-likeness (QED) is 0.291. The highest BCUT2D eigenvalue weighted by atomic mass is 32.2. The summed E-state index contributed by atoms with van der Waals surface area (Å²) in [6.45, 7) is 4.14. The standard InChI is InChI=1S/C27H28N4O4S3/c1-2-3-13-30-26(32)24(37-27(30)36)18-21-19-31(22-7-5-4-6-8-22)28-25(21)20-9-11-23(12-10-20)38(33,34)29-14-16-35-17-15-29/h4-12,18-19H,2-3,13-17H2,1H3. The van der Waals surface area contributed by atoms with Gasteiger partial charge in [-0.3, -0.25) is 9.69 Å². The lowest BCUT2D eigenvalue weighted by molar-refractivity contribution is -0.122. The zero-order valence-electron chi connectivity index (χ0n) is 20.9. The maximum Gasteiger partial charge on any atom is 0.266 e. The maximum absolute atomic E-state index is 13.1. The largest absolute Gasteiger partial charge is 0.379 e. The number of morpholine rings is 1. The molecule has 2 aromatic carbocycles. The van der Waals surface area contributed by atoms with Crippen molar-refractivity contribution in [3.63, 3.8) is 0 Å². The summed E-state index contributed by atoms with van der Waals surface area (Å²) < 4.78 is 35.2. The molecule has 0 radical (unpaired) electrons. The summed E-state index contributed by atoms with van der Waals surface area (Å²) in [5.74, 6) is -0.0983. The molecule has 0 spiro atoms. The second-order valence-electron chi connectivity index (χ2n) is 8.94. The predicted octanol–water partition coefficient (Wildman–Crippen LogP) is 4.56. The van der Waals surface area contributed by atoms with Crippen LogP contribution in [0, 0.1) is 0 Å². The Hall–Kier alpha value is -2.83. The Morgan fingerprint density at radius 3 is 2.47 bits per heavy atom. The molecule has 0 N–H and O–H groups in total. The van der Waals surface area contributed by atoms with E-state index in [1.54, 1.807) is 33.8 Å². The Morgan fingerprint density at radius 2 is 1.79 bits per heavy atom. The molecule has 11 heteroatoms. The third kappa shape index (κ3) is 5.48. The number of carbonyl (C=O) groups is 1. The van der Waals surface area contributed by atoms with Gasteiger partial charge in [-0.1, -0.05) is 67.7 Å². The summed E-state index contributed by atoms with van der Waals surface area (Å²) >= 11 is 6.77. The molecule has 0 atom stereocenters. The number of benzene rings is 2. The molecule has 3 aromatic rings. The zero-order valence-corrected chi connectivity index (χ0v) is 23.4. The van der Waals surface area contributed by atoms with Gasteiger partial charge in [0, 0.05) is 37.0 Å². The topological polar surface area (TPSA) is 84.7 Å². The van der Waals surface area contributed by atoms with Crippen molar-refractivity contribution in [1.82, 2.24) is 19.0 Å². The first-order valence-corrected chi connectivity index (χ1v) is 15.1. The maximum atomic E-state index is 13.1. The summed E-state index contributed by atoms with van der Waals surface area (Å²) in [6, 6.07) is 16.4. The summed E-state index contributed by atoms with van der Waals surface area (Å²) in [5, 5.41) is 4.82. The van der Waals surface area contributed by atoms with Gasteiger partial charge in [0.05, 0.1) is 34.4 Å². The lowest BCUT2D eigenvalue weighted by Gasteiger charge is -2.26. The van der Waals surface area contributed by atoms with Gasteiger partial charge >= 0.3 is 0 Å². The number of sulfonamides is 1. The van der Waals surface area contributed by atoms with Crippen LogP contribution in [0.4, 0.5) is 0 Å². The van der Waals surface area contributed by atoms with Crippen LogP contribution in [0.15, 0.2) is 70.6 Å².